The van der Waals surface area contributed by atoms with Gasteiger partial charge in [-0.25, -0.2) is 0 Å². The van der Waals surface area contributed by atoms with E-state index < -0.39 is 6.04 Å². The van der Waals surface area contributed by atoms with Crippen molar-refractivity contribution in [2.24, 2.45) is 0 Å². The van der Waals surface area contributed by atoms with Crippen LogP contribution < -0.4 is 10.1 Å². The lowest BCUT2D eigenvalue weighted by Crippen LogP contribution is -2.43. The predicted octanol–water partition coefficient (Wildman–Crippen LogP) is 3.69. The van der Waals surface area contributed by atoms with E-state index in [1.807, 2.05) is 30.3 Å². The van der Waals surface area contributed by atoms with E-state index in [1.54, 1.807) is 18.2 Å². The SMILES string of the molecule is CC(=O)C(Cc1ccccc1)NC(=O)COc1cc(Cl)cc(Cl)c1. The molecule has 1 unspecified atom stereocenters. The van der Waals surface area contributed by atoms with Gasteiger partial charge in [-0.2, -0.15) is 0 Å². The molecule has 0 bridgehead atoms. The van der Waals surface area contributed by atoms with E-state index in [0.717, 1.165) is 5.56 Å². The maximum absolute atomic E-state index is 12.0. The van der Waals surface area contributed by atoms with E-state index in [0.29, 0.717) is 22.2 Å². The second-order valence-electron chi connectivity index (χ2n) is 5.31. The molecule has 1 N–H and O–H groups in total. The van der Waals surface area contributed by atoms with Crippen LogP contribution in [0.5, 0.6) is 5.75 Å². The summed E-state index contributed by atoms with van der Waals surface area (Å²) in [6.45, 7) is 1.22. The minimum absolute atomic E-state index is 0.113. The Morgan fingerprint density at radius 3 is 2.29 bits per heavy atom. The Morgan fingerprint density at radius 1 is 1.08 bits per heavy atom. The molecule has 0 heterocycles. The lowest BCUT2D eigenvalue weighted by atomic mass is 10.0. The van der Waals surface area contributed by atoms with Gasteiger partial charge in [-0.05, 0) is 37.1 Å². The molecule has 2 rings (SSSR count). The van der Waals surface area contributed by atoms with Crippen molar-refractivity contribution in [1.82, 2.24) is 5.32 Å². The second-order valence-corrected chi connectivity index (χ2v) is 6.19. The van der Waals surface area contributed by atoms with E-state index in [9.17, 15) is 9.59 Å². The summed E-state index contributed by atoms with van der Waals surface area (Å²) >= 11 is 11.7. The molecule has 0 spiro atoms. The molecule has 0 radical (unpaired) electrons. The fourth-order valence-corrected chi connectivity index (χ4v) is 2.65. The van der Waals surface area contributed by atoms with Crippen molar-refractivity contribution in [3.05, 3.63) is 64.1 Å². The first kappa shape index (κ1) is 18.3. The molecule has 0 aliphatic carbocycles. The van der Waals surface area contributed by atoms with Gasteiger partial charge < -0.3 is 10.1 Å². The highest BCUT2D eigenvalue weighted by atomic mass is 35.5. The van der Waals surface area contributed by atoms with E-state index in [1.165, 1.54) is 6.92 Å². The van der Waals surface area contributed by atoms with E-state index >= 15 is 0 Å². The van der Waals surface area contributed by atoms with Gasteiger partial charge in [0.15, 0.2) is 12.4 Å². The molecule has 0 saturated heterocycles. The third-order valence-corrected chi connectivity index (χ3v) is 3.75. The molecule has 0 fully saturated rings. The Hall–Kier alpha value is -2.04. The quantitative estimate of drug-likeness (QED) is 0.813. The molecule has 0 aliphatic rings. The first-order valence-corrected chi connectivity index (χ1v) is 8.12. The van der Waals surface area contributed by atoms with Gasteiger partial charge in [-0.15, -0.1) is 0 Å². The highest BCUT2D eigenvalue weighted by Crippen LogP contribution is 2.24. The number of benzene rings is 2. The number of nitrogens with one attached hydrogen (secondary N) is 1. The Balaban J connectivity index is 1.92. The summed E-state index contributed by atoms with van der Waals surface area (Å²) in [5.74, 6) is -0.106. The number of ketones is 1. The Labute approximate surface area is 150 Å². The molecule has 0 aliphatic heterocycles. The number of hydrogen-bond donors (Lipinski definition) is 1. The zero-order chi connectivity index (χ0) is 17.5. The number of Topliss-reactive ketones (excluding diaryl/α,β-unsaturated/α-hetero) is 1. The van der Waals surface area contributed by atoms with Crippen LogP contribution in [0.3, 0.4) is 0 Å². The number of carbonyl (C=O) groups excluding carboxylic acids is 2. The molecule has 1 amide bonds. The van der Waals surface area contributed by atoms with Gasteiger partial charge in [-0.3, -0.25) is 9.59 Å². The van der Waals surface area contributed by atoms with Crippen LogP contribution in [0.25, 0.3) is 0 Å². The van der Waals surface area contributed by atoms with Crippen molar-refractivity contribution >= 4 is 34.9 Å². The van der Waals surface area contributed by atoms with Gasteiger partial charge in [0.25, 0.3) is 5.91 Å². The minimum atomic E-state index is -0.591. The van der Waals surface area contributed by atoms with Gasteiger partial charge in [0.2, 0.25) is 0 Å². The largest absolute Gasteiger partial charge is 0.484 e. The van der Waals surface area contributed by atoms with Crippen molar-refractivity contribution < 1.29 is 14.3 Å². The van der Waals surface area contributed by atoms with Crippen LogP contribution in [0, 0.1) is 0 Å². The smallest absolute Gasteiger partial charge is 0.258 e. The Morgan fingerprint density at radius 2 is 1.71 bits per heavy atom. The maximum atomic E-state index is 12.0. The average molecular weight is 366 g/mol. The number of halogens is 2. The molecular weight excluding hydrogens is 349 g/mol. The number of carbonyl (C=O) groups is 2. The number of ether oxygens (including phenoxy) is 1. The minimum Gasteiger partial charge on any atom is -0.484 e. The van der Waals surface area contributed by atoms with Crippen molar-refractivity contribution in [1.29, 1.82) is 0 Å². The van der Waals surface area contributed by atoms with Gasteiger partial charge in [0.05, 0.1) is 6.04 Å². The van der Waals surface area contributed by atoms with Crippen LogP contribution in [0.4, 0.5) is 0 Å². The third-order valence-electron chi connectivity index (χ3n) is 3.31. The summed E-state index contributed by atoms with van der Waals surface area (Å²) in [7, 11) is 0. The number of rotatable bonds is 7. The van der Waals surface area contributed by atoms with Crippen LogP contribution in [0.2, 0.25) is 10.0 Å². The van der Waals surface area contributed by atoms with Crippen molar-refractivity contribution in [3.63, 3.8) is 0 Å². The Kier molecular flexibility index (Phi) is 6.64. The maximum Gasteiger partial charge on any atom is 0.258 e. The van der Waals surface area contributed by atoms with Gasteiger partial charge >= 0.3 is 0 Å². The van der Waals surface area contributed by atoms with Crippen molar-refractivity contribution in [2.45, 2.75) is 19.4 Å². The van der Waals surface area contributed by atoms with Crippen LogP contribution in [0.15, 0.2) is 48.5 Å². The van der Waals surface area contributed by atoms with Gasteiger partial charge in [-0.1, -0.05) is 53.5 Å². The van der Waals surface area contributed by atoms with Crippen LogP contribution >= 0.6 is 23.2 Å². The molecule has 0 saturated carbocycles. The summed E-state index contributed by atoms with van der Waals surface area (Å²) in [5, 5.41) is 3.52. The molecule has 4 nitrogen and oxygen atoms in total. The van der Waals surface area contributed by atoms with E-state index in [-0.39, 0.29) is 18.3 Å². The van der Waals surface area contributed by atoms with Crippen LogP contribution in [0.1, 0.15) is 12.5 Å². The summed E-state index contributed by atoms with van der Waals surface area (Å²) in [6, 6.07) is 13.6. The topological polar surface area (TPSA) is 55.4 Å². The molecule has 2 aromatic rings. The molecule has 126 valence electrons. The molecule has 2 aromatic carbocycles. The number of amides is 1. The number of hydrogen-bond acceptors (Lipinski definition) is 3. The van der Waals surface area contributed by atoms with Crippen LogP contribution in [-0.2, 0) is 16.0 Å². The van der Waals surface area contributed by atoms with Crippen LogP contribution in [-0.4, -0.2) is 24.3 Å². The monoisotopic (exact) mass is 365 g/mol. The summed E-state index contributed by atoms with van der Waals surface area (Å²) in [4.78, 5) is 23.8. The zero-order valence-corrected chi connectivity index (χ0v) is 14.6. The molecule has 0 aromatic heterocycles. The molecule has 1 atom stereocenters. The third kappa shape index (κ3) is 5.87. The molecular formula is C18H17Cl2NO3. The highest BCUT2D eigenvalue weighted by Gasteiger charge is 2.18. The average Bonchev–Trinajstić information content (AvgIpc) is 2.52. The zero-order valence-electron chi connectivity index (χ0n) is 13.1. The molecule has 24 heavy (non-hydrogen) atoms. The lowest BCUT2D eigenvalue weighted by molar-refractivity contribution is -0.128. The first-order chi connectivity index (χ1) is 11.4. The normalized spacial score (nSPS) is 11.6. The lowest BCUT2D eigenvalue weighted by Gasteiger charge is -2.16. The standard InChI is InChI=1S/C18H17Cl2NO3/c1-12(22)17(7-13-5-3-2-4-6-13)21-18(23)11-24-16-9-14(19)8-15(20)10-16/h2-6,8-10,17H,7,11H2,1H3,(H,21,23). The first-order valence-electron chi connectivity index (χ1n) is 7.36. The molecule has 6 heteroatoms. The Bertz CT molecular complexity index is 699. The fourth-order valence-electron chi connectivity index (χ4n) is 2.14. The van der Waals surface area contributed by atoms with Gasteiger partial charge in [0.1, 0.15) is 5.75 Å². The van der Waals surface area contributed by atoms with E-state index in [4.69, 9.17) is 27.9 Å². The summed E-state index contributed by atoms with van der Waals surface area (Å²) in [6.07, 6.45) is 0.435. The van der Waals surface area contributed by atoms with Crippen molar-refractivity contribution in [3.8, 4) is 5.75 Å². The van der Waals surface area contributed by atoms with E-state index in [2.05, 4.69) is 5.32 Å². The second kappa shape index (κ2) is 8.71. The highest BCUT2D eigenvalue weighted by molar-refractivity contribution is 6.34. The van der Waals surface area contributed by atoms with Gasteiger partial charge in [0, 0.05) is 10.0 Å². The predicted molar refractivity (Wildman–Crippen MR) is 94.7 cm³/mol. The summed E-state index contributed by atoms with van der Waals surface area (Å²) < 4.78 is 5.37. The summed E-state index contributed by atoms with van der Waals surface area (Å²) in [5.41, 5.74) is 0.973. The van der Waals surface area contributed by atoms with Crippen molar-refractivity contribution in [2.75, 3.05) is 6.61 Å². The fraction of sp³-hybridized carbons (Fsp3) is 0.222.